The fourth-order valence-corrected chi connectivity index (χ4v) is 2.97. The maximum absolute atomic E-state index is 11.9. The number of carbonyl (C=O) groups is 1. The Balaban J connectivity index is 0.00000312. The Kier molecular flexibility index (Phi) is 9.88. The van der Waals surface area contributed by atoms with Gasteiger partial charge in [0.1, 0.15) is 0 Å². The molecule has 1 fully saturated rings. The van der Waals surface area contributed by atoms with E-state index in [9.17, 15) is 4.79 Å². The summed E-state index contributed by atoms with van der Waals surface area (Å²) >= 11 is 0. The summed E-state index contributed by atoms with van der Waals surface area (Å²) in [5.41, 5.74) is 6.74. The number of nitrogens with one attached hydrogen (secondary N) is 2. The van der Waals surface area contributed by atoms with Crippen LogP contribution in [0.5, 0.6) is 0 Å². The van der Waals surface area contributed by atoms with E-state index in [1.807, 2.05) is 6.92 Å². The molecule has 1 atom stereocenters. The Morgan fingerprint density at radius 2 is 2.20 bits per heavy atom. The van der Waals surface area contributed by atoms with Gasteiger partial charge in [0.15, 0.2) is 11.7 Å². The highest BCUT2D eigenvalue weighted by Crippen LogP contribution is 2.16. The van der Waals surface area contributed by atoms with Gasteiger partial charge in [0.25, 0.3) is 5.91 Å². The van der Waals surface area contributed by atoms with E-state index < -0.39 is 0 Å². The summed E-state index contributed by atoms with van der Waals surface area (Å²) in [4.78, 5) is 18.7. The Bertz CT molecular complexity index is 561. The number of likely N-dealkylation sites (tertiary alicyclic amines) is 1. The number of likely N-dealkylation sites (N-methyl/N-ethyl adjacent to an activating group) is 1. The van der Waals surface area contributed by atoms with Crippen LogP contribution in [0.4, 0.5) is 0 Å². The molecule has 4 N–H and O–H groups in total. The van der Waals surface area contributed by atoms with Crippen molar-refractivity contribution in [2.24, 2.45) is 10.7 Å². The van der Waals surface area contributed by atoms with Crippen molar-refractivity contribution in [1.82, 2.24) is 15.5 Å². The Morgan fingerprint density at radius 3 is 2.88 bits per heavy atom. The summed E-state index contributed by atoms with van der Waals surface area (Å²) in [5, 5.41) is 5.92. The van der Waals surface area contributed by atoms with E-state index in [-0.39, 0.29) is 29.9 Å². The third kappa shape index (κ3) is 6.85. The van der Waals surface area contributed by atoms with Crippen molar-refractivity contribution in [2.45, 2.75) is 39.2 Å². The molecule has 1 amide bonds. The second-order valence-electron chi connectivity index (χ2n) is 6.12. The van der Waals surface area contributed by atoms with Gasteiger partial charge in [-0.1, -0.05) is 6.92 Å². The molecule has 1 aromatic heterocycles. The van der Waals surface area contributed by atoms with Crippen LogP contribution in [0.25, 0.3) is 0 Å². The highest BCUT2D eigenvalue weighted by molar-refractivity contribution is 14.0. The fraction of sp³-hybridized carbons (Fsp3) is 0.647. The van der Waals surface area contributed by atoms with Gasteiger partial charge in [0.2, 0.25) is 0 Å². The number of furan rings is 1. The third-order valence-electron chi connectivity index (χ3n) is 4.39. The van der Waals surface area contributed by atoms with Crippen LogP contribution >= 0.6 is 24.0 Å². The lowest BCUT2D eigenvalue weighted by molar-refractivity contribution is 0.0925. The summed E-state index contributed by atoms with van der Waals surface area (Å²) < 4.78 is 5.15. The van der Waals surface area contributed by atoms with Crippen molar-refractivity contribution in [3.05, 3.63) is 23.7 Å². The third-order valence-corrected chi connectivity index (χ3v) is 4.39. The van der Waals surface area contributed by atoms with E-state index in [0.29, 0.717) is 30.9 Å². The molecule has 1 unspecified atom stereocenters. The van der Waals surface area contributed by atoms with Crippen molar-refractivity contribution >= 4 is 35.8 Å². The summed E-state index contributed by atoms with van der Waals surface area (Å²) in [6.07, 6.45) is 4.73. The first kappa shape index (κ1) is 21.8. The number of guanidine groups is 1. The van der Waals surface area contributed by atoms with E-state index in [4.69, 9.17) is 10.2 Å². The van der Waals surface area contributed by atoms with Crippen molar-refractivity contribution < 1.29 is 9.21 Å². The first-order valence-electron chi connectivity index (χ1n) is 8.72. The minimum atomic E-state index is -0.181. The van der Waals surface area contributed by atoms with Crippen molar-refractivity contribution in [1.29, 1.82) is 0 Å². The van der Waals surface area contributed by atoms with Crippen LogP contribution in [0.15, 0.2) is 21.7 Å². The molecule has 0 spiro atoms. The van der Waals surface area contributed by atoms with Crippen LogP contribution in [-0.2, 0) is 0 Å². The molecule has 1 saturated heterocycles. The average molecular weight is 463 g/mol. The Labute approximate surface area is 166 Å². The molecule has 0 aliphatic carbocycles. The lowest BCUT2D eigenvalue weighted by Gasteiger charge is -2.20. The molecule has 2 heterocycles. The van der Waals surface area contributed by atoms with Gasteiger partial charge in [-0.15, -0.1) is 24.0 Å². The monoisotopic (exact) mass is 463 g/mol. The average Bonchev–Trinajstić information content (AvgIpc) is 3.20. The number of halogens is 1. The van der Waals surface area contributed by atoms with Crippen LogP contribution in [0.3, 0.4) is 0 Å². The second kappa shape index (κ2) is 11.3. The molecule has 0 aromatic carbocycles. The van der Waals surface area contributed by atoms with Crippen LogP contribution < -0.4 is 16.4 Å². The minimum absolute atomic E-state index is 0. The normalized spacial score (nSPS) is 18.0. The van der Waals surface area contributed by atoms with Crippen molar-refractivity contribution in [3.63, 3.8) is 0 Å². The standard InChI is InChI=1S/C17H29N5O2.HI/c1-3-22-10-4-6-14(22)12-21-17(18)20-9-5-8-19-16(23)15-13(2)7-11-24-15;/h7,11,14H,3-6,8-10,12H2,1-2H3,(H,19,23)(H3,18,20,21);1H. The molecule has 1 aliphatic heterocycles. The largest absolute Gasteiger partial charge is 0.459 e. The molecule has 142 valence electrons. The van der Waals surface area contributed by atoms with Gasteiger partial charge in [-0.2, -0.15) is 0 Å². The number of nitrogens with zero attached hydrogens (tertiary/aromatic N) is 2. The van der Waals surface area contributed by atoms with Crippen LogP contribution in [0.1, 0.15) is 42.3 Å². The molecule has 1 aromatic rings. The number of hydrogen-bond donors (Lipinski definition) is 3. The van der Waals surface area contributed by atoms with E-state index in [1.54, 1.807) is 6.07 Å². The fourth-order valence-electron chi connectivity index (χ4n) is 2.97. The summed E-state index contributed by atoms with van der Waals surface area (Å²) in [6.45, 7) is 8.26. The Morgan fingerprint density at radius 1 is 1.44 bits per heavy atom. The van der Waals surface area contributed by atoms with E-state index in [1.165, 1.54) is 25.6 Å². The predicted molar refractivity (Wildman–Crippen MR) is 111 cm³/mol. The SMILES string of the molecule is CCN1CCCC1CN=C(N)NCCCNC(=O)c1occc1C.I. The number of nitrogens with two attached hydrogens (primary N) is 1. The molecular formula is C17H30IN5O2. The highest BCUT2D eigenvalue weighted by Gasteiger charge is 2.22. The number of aliphatic imine (C=N–C) groups is 1. The van der Waals surface area contributed by atoms with Gasteiger partial charge in [0, 0.05) is 24.7 Å². The molecular weight excluding hydrogens is 433 g/mol. The second-order valence-corrected chi connectivity index (χ2v) is 6.12. The number of aryl methyl sites for hydroxylation is 1. The quantitative estimate of drug-likeness (QED) is 0.236. The van der Waals surface area contributed by atoms with Gasteiger partial charge >= 0.3 is 0 Å². The zero-order chi connectivity index (χ0) is 17.4. The number of amides is 1. The molecule has 0 saturated carbocycles. The summed E-state index contributed by atoms with van der Waals surface area (Å²) in [7, 11) is 0. The Hall–Kier alpha value is -1.29. The lowest BCUT2D eigenvalue weighted by atomic mass is 10.2. The molecule has 25 heavy (non-hydrogen) atoms. The van der Waals surface area contributed by atoms with Gasteiger partial charge in [-0.25, -0.2) is 0 Å². The highest BCUT2D eigenvalue weighted by atomic mass is 127. The molecule has 0 radical (unpaired) electrons. The van der Waals surface area contributed by atoms with E-state index in [0.717, 1.165) is 25.1 Å². The summed E-state index contributed by atoms with van der Waals surface area (Å²) in [6, 6.07) is 2.30. The maximum Gasteiger partial charge on any atom is 0.287 e. The zero-order valence-electron chi connectivity index (χ0n) is 15.1. The maximum atomic E-state index is 11.9. The first-order valence-corrected chi connectivity index (χ1v) is 8.72. The molecule has 1 aliphatic rings. The molecule has 2 rings (SSSR count). The van der Waals surface area contributed by atoms with Crippen LogP contribution in [0, 0.1) is 6.92 Å². The van der Waals surface area contributed by atoms with Crippen molar-refractivity contribution in [2.75, 3.05) is 32.7 Å². The number of carbonyl (C=O) groups excluding carboxylic acids is 1. The predicted octanol–water partition coefficient (Wildman–Crippen LogP) is 1.71. The van der Waals surface area contributed by atoms with Crippen LogP contribution in [0.2, 0.25) is 0 Å². The number of rotatable bonds is 8. The molecule has 7 nitrogen and oxygen atoms in total. The van der Waals surface area contributed by atoms with Gasteiger partial charge < -0.3 is 20.8 Å². The van der Waals surface area contributed by atoms with Gasteiger partial charge in [0.05, 0.1) is 12.8 Å². The topological polar surface area (TPSA) is 95.9 Å². The van der Waals surface area contributed by atoms with Gasteiger partial charge in [-0.05, 0) is 45.3 Å². The van der Waals surface area contributed by atoms with E-state index in [2.05, 4.69) is 27.4 Å². The summed E-state index contributed by atoms with van der Waals surface area (Å²) in [5.74, 6) is 0.673. The first-order chi connectivity index (χ1) is 11.6. The zero-order valence-corrected chi connectivity index (χ0v) is 17.4. The lowest BCUT2D eigenvalue weighted by Crippen LogP contribution is -2.37. The van der Waals surface area contributed by atoms with Crippen LogP contribution in [-0.4, -0.2) is 55.5 Å². The van der Waals surface area contributed by atoms with Crippen molar-refractivity contribution in [3.8, 4) is 0 Å². The number of hydrogen-bond acceptors (Lipinski definition) is 4. The van der Waals surface area contributed by atoms with Gasteiger partial charge in [-0.3, -0.25) is 14.7 Å². The molecule has 0 bridgehead atoms. The minimum Gasteiger partial charge on any atom is -0.459 e. The molecule has 8 heteroatoms. The smallest absolute Gasteiger partial charge is 0.287 e. The van der Waals surface area contributed by atoms with E-state index >= 15 is 0 Å².